The summed E-state index contributed by atoms with van der Waals surface area (Å²) in [6, 6.07) is 5.07. The van der Waals surface area contributed by atoms with Crippen LogP contribution in [0, 0.1) is 10.1 Å². The zero-order chi connectivity index (χ0) is 12.8. The Balaban J connectivity index is 2.66. The Hall–Kier alpha value is -1.84. The number of nitro groups is 1. The molecule has 1 aliphatic rings. The number of allylic oxidation sites excluding steroid dienone is 2. The van der Waals surface area contributed by atoms with Crippen LogP contribution in [0.5, 0.6) is 0 Å². The van der Waals surface area contributed by atoms with Crippen molar-refractivity contribution in [1.82, 2.24) is 0 Å². The highest BCUT2D eigenvalue weighted by molar-refractivity contribution is 5.71. The van der Waals surface area contributed by atoms with Crippen molar-refractivity contribution in [2.45, 2.75) is 26.2 Å². The van der Waals surface area contributed by atoms with Gasteiger partial charge in [-0.2, -0.15) is 0 Å². The summed E-state index contributed by atoms with van der Waals surface area (Å²) in [6.45, 7) is 6.18. The third-order valence-electron chi connectivity index (χ3n) is 3.50. The number of hydrogen-bond donors (Lipinski definition) is 0. The predicted molar refractivity (Wildman–Crippen MR) is 68.3 cm³/mol. The largest absolute Gasteiger partial charge is 0.347 e. The Kier molecular flexibility index (Phi) is 2.45. The molecule has 0 N–H and O–H groups in total. The Morgan fingerprint density at radius 1 is 1.41 bits per heavy atom. The zero-order valence-corrected chi connectivity index (χ0v) is 10.5. The Morgan fingerprint density at radius 3 is 2.59 bits per heavy atom. The topological polar surface area (TPSA) is 46.4 Å². The SMILES string of the molecule is CC=C1N(C)c2ccc([N+](=O)[O-])cc2C1(C)C. The fourth-order valence-electron chi connectivity index (χ4n) is 2.67. The van der Waals surface area contributed by atoms with E-state index in [1.807, 2.05) is 20.0 Å². The van der Waals surface area contributed by atoms with Crippen LogP contribution in [0.3, 0.4) is 0 Å². The Labute approximate surface area is 101 Å². The maximum absolute atomic E-state index is 10.8. The van der Waals surface area contributed by atoms with E-state index in [0.717, 1.165) is 11.3 Å². The second-order valence-corrected chi connectivity index (χ2v) is 4.82. The molecule has 90 valence electrons. The Bertz CT molecular complexity index is 518. The highest BCUT2D eigenvalue weighted by Gasteiger charge is 2.38. The van der Waals surface area contributed by atoms with Gasteiger partial charge in [0.25, 0.3) is 5.69 Å². The number of anilines is 1. The summed E-state index contributed by atoms with van der Waals surface area (Å²) >= 11 is 0. The maximum Gasteiger partial charge on any atom is 0.269 e. The van der Waals surface area contributed by atoms with Crippen molar-refractivity contribution in [1.29, 1.82) is 0 Å². The van der Waals surface area contributed by atoms with Crippen LogP contribution < -0.4 is 4.90 Å². The summed E-state index contributed by atoms with van der Waals surface area (Å²) in [5, 5.41) is 10.8. The summed E-state index contributed by atoms with van der Waals surface area (Å²) in [7, 11) is 1.99. The molecule has 0 radical (unpaired) electrons. The molecular formula is C13H16N2O2. The summed E-state index contributed by atoms with van der Waals surface area (Å²) in [5.74, 6) is 0. The van der Waals surface area contributed by atoms with Gasteiger partial charge in [-0.25, -0.2) is 0 Å². The highest BCUT2D eigenvalue weighted by atomic mass is 16.6. The molecule has 1 aromatic carbocycles. The van der Waals surface area contributed by atoms with Crippen LogP contribution in [-0.4, -0.2) is 12.0 Å². The molecule has 4 nitrogen and oxygen atoms in total. The van der Waals surface area contributed by atoms with Crippen molar-refractivity contribution < 1.29 is 4.92 Å². The molecule has 4 heteroatoms. The van der Waals surface area contributed by atoms with Crippen LogP contribution >= 0.6 is 0 Å². The molecule has 2 rings (SSSR count). The minimum Gasteiger partial charge on any atom is -0.347 e. The highest BCUT2D eigenvalue weighted by Crippen LogP contribution is 2.47. The van der Waals surface area contributed by atoms with Crippen LogP contribution in [0.2, 0.25) is 0 Å². The summed E-state index contributed by atoms with van der Waals surface area (Å²) in [6.07, 6.45) is 2.06. The monoisotopic (exact) mass is 232 g/mol. The van der Waals surface area contributed by atoms with E-state index >= 15 is 0 Å². The zero-order valence-electron chi connectivity index (χ0n) is 10.5. The van der Waals surface area contributed by atoms with Crippen LogP contribution in [0.4, 0.5) is 11.4 Å². The van der Waals surface area contributed by atoms with E-state index in [0.29, 0.717) is 0 Å². The second-order valence-electron chi connectivity index (χ2n) is 4.82. The first kappa shape index (κ1) is 11.6. The molecule has 0 aromatic heterocycles. The Morgan fingerprint density at radius 2 is 2.06 bits per heavy atom. The van der Waals surface area contributed by atoms with Gasteiger partial charge in [-0.1, -0.05) is 19.9 Å². The molecule has 0 atom stereocenters. The van der Waals surface area contributed by atoms with Gasteiger partial charge in [0.1, 0.15) is 0 Å². The number of likely N-dealkylation sites (N-methyl/N-ethyl adjacent to an activating group) is 1. The van der Waals surface area contributed by atoms with Crippen molar-refractivity contribution in [2.24, 2.45) is 0 Å². The summed E-state index contributed by atoms with van der Waals surface area (Å²) < 4.78 is 0. The van der Waals surface area contributed by atoms with Gasteiger partial charge in [-0.05, 0) is 18.6 Å². The van der Waals surface area contributed by atoms with Crippen LogP contribution in [-0.2, 0) is 5.41 Å². The van der Waals surface area contributed by atoms with Crippen molar-refractivity contribution in [3.05, 3.63) is 45.6 Å². The van der Waals surface area contributed by atoms with Gasteiger partial charge >= 0.3 is 0 Å². The quantitative estimate of drug-likeness (QED) is 0.551. The number of non-ortho nitro benzene ring substituents is 1. The van der Waals surface area contributed by atoms with E-state index in [2.05, 4.69) is 24.8 Å². The minimum atomic E-state index is -0.343. The second kappa shape index (κ2) is 3.58. The lowest BCUT2D eigenvalue weighted by Gasteiger charge is -2.23. The van der Waals surface area contributed by atoms with E-state index in [1.54, 1.807) is 12.1 Å². The van der Waals surface area contributed by atoms with Gasteiger partial charge in [0, 0.05) is 36.0 Å². The summed E-state index contributed by atoms with van der Waals surface area (Å²) in [4.78, 5) is 12.6. The molecule has 0 bridgehead atoms. The van der Waals surface area contributed by atoms with Gasteiger partial charge in [-0.3, -0.25) is 10.1 Å². The predicted octanol–water partition coefficient (Wildman–Crippen LogP) is 3.23. The number of nitro benzene ring substituents is 1. The first-order valence-corrected chi connectivity index (χ1v) is 5.59. The lowest BCUT2D eigenvalue weighted by molar-refractivity contribution is -0.384. The third kappa shape index (κ3) is 1.52. The molecule has 0 saturated heterocycles. The molecule has 17 heavy (non-hydrogen) atoms. The molecule has 0 fully saturated rings. The third-order valence-corrected chi connectivity index (χ3v) is 3.50. The van der Waals surface area contributed by atoms with E-state index in [-0.39, 0.29) is 16.0 Å². The van der Waals surface area contributed by atoms with Crippen LogP contribution in [0.1, 0.15) is 26.3 Å². The first-order chi connectivity index (χ1) is 7.89. The molecule has 1 aromatic rings. The van der Waals surface area contributed by atoms with Gasteiger partial charge < -0.3 is 4.90 Å². The average molecular weight is 232 g/mol. The number of rotatable bonds is 1. The van der Waals surface area contributed by atoms with E-state index < -0.39 is 0 Å². The molecule has 0 amide bonds. The van der Waals surface area contributed by atoms with Gasteiger partial charge in [-0.15, -0.1) is 0 Å². The van der Waals surface area contributed by atoms with Crippen LogP contribution in [0.25, 0.3) is 0 Å². The van der Waals surface area contributed by atoms with E-state index in [9.17, 15) is 10.1 Å². The molecule has 1 heterocycles. The number of nitrogens with zero attached hydrogens (tertiary/aromatic N) is 2. The molecule has 0 spiro atoms. The fraction of sp³-hybridized carbons (Fsp3) is 0.385. The summed E-state index contributed by atoms with van der Waals surface area (Å²) in [5.41, 5.74) is 3.22. The van der Waals surface area contributed by atoms with Crippen molar-refractivity contribution in [3.63, 3.8) is 0 Å². The van der Waals surface area contributed by atoms with E-state index in [1.165, 1.54) is 5.70 Å². The van der Waals surface area contributed by atoms with Gasteiger partial charge in [0.05, 0.1) is 4.92 Å². The number of hydrogen-bond acceptors (Lipinski definition) is 3. The standard InChI is InChI=1S/C13H16N2O2/c1-5-12-13(2,3)10-8-9(15(16)17)6-7-11(10)14(12)4/h5-8H,1-4H3. The molecule has 0 aliphatic carbocycles. The average Bonchev–Trinajstić information content (AvgIpc) is 2.46. The molecular weight excluding hydrogens is 216 g/mol. The number of benzene rings is 1. The molecule has 0 unspecified atom stereocenters. The first-order valence-electron chi connectivity index (χ1n) is 5.59. The maximum atomic E-state index is 10.8. The lowest BCUT2D eigenvalue weighted by atomic mass is 9.83. The van der Waals surface area contributed by atoms with E-state index in [4.69, 9.17) is 0 Å². The van der Waals surface area contributed by atoms with Crippen molar-refractivity contribution >= 4 is 11.4 Å². The van der Waals surface area contributed by atoms with Crippen molar-refractivity contribution in [3.8, 4) is 0 Å². The molecule has 0 saturated carbocycles. The van der Waals surface area contributed by atoms with Crippen molar-refractivity contribution in [2.75, 3.05) is 11.9 Å². The fourth-order valence-corrected chi connectivity index (χ4v) is 2.67. The normalized spacial score (nSPS) is 19.5. The number of fused-ring (bicyclic) bond motifs is 1. The smallest absolute Gasteiger partial charge is 0.269 e. The minimum absolute atomic E-state index is 0.155. The molecule has 1 aliphatic heterocycles. The van der Waals surface area contributed by atoms with Gasteiger partial charge in [0.2, 0.25) is 0 Å². The van der Waals surface area contributed by atoms with Crippen LogP contribution in [0.15, 0.2) is 30.0 Å². The lowest BCUT2D eigenvalue weighted by Crippen LogP contribution is -2.22. The van der Waals surface area contributed by atoms with Gasteiger partial charge in [0.15, 0.2) is 0 Å².